The van der Waals surface area contributed by atoms with Crippen LogP contribution < -0.4 is 4.40 Å². The van der Waals surface area contributed by atoms with Gasteiger partial charge in [-0.1, -0.05) is 112 Å². The van der Waals surface area contributed by atoms with Crippen LogP contribution in [0.2, 0.25) is 17.3 Å². The van der Waals surface area contributed by atoms with Crippen molar-refractivity contribution in [1.29, 1.82) is 0 Å². The summed E-state index contributed by atoms with van der Waals surface area (Å²) in [5, 5.41) is 7.06. The molecule has 11 rings (SSSR count). The molecule has 0 fully saturated rings. The molecule has 6 heteroatoms. The van der Waals surface area contributed by atoms with Crippen LogP contribution >= 0.6 is 0 Å². The zero-order chi connectivity index (χ0) is 47.3. The molecule has 69 heavy (non-hydrogen) atoms. The number of rotatable bonds is 9. The van der Waals surface area contributed by atoms with Gasteiger partial charge in [-0.05, 0) is 92.0 Å². The van der Waals surface area contributed by atoms with Crippen molar-refractivity contribution in [2.24, 2.45) is 5.92 Å². The predicted octanol–water partition coefficient (Wildman–Crippen LogP) is 16.9. The molecule has 0 amide bonds. The number of nitrogens with zero attached hydrogens (tertiary/aromatic N) is 3. The average Bonchev–Trinajstić information content (AvgIpc) is 3.90. The summed E-state index contributed by atoms with van der Waals surface area (Å²) in [5.74, 6) is 9.47. The second-order valence-corrected chi connectivity index (χ2v) is 30.9. The van der Waals surface area contributed by atoms with Gasteiger partial charge in [0.05, 0.1) is 22.4 Å². The zero-order valence-electron chi connectivity index (χ0n) is 41.1. The Hall–Kier alpha value is -6.11. The molecule has 0 aliphatic heterocycles. The summed E-state index contributed by atoms with van der Waals surface area (Å²) >= 11 is -1.86. The number of aromatic nitrogens is 3. The molecule has 347 valence electrons. The number of imidazole rings is 1. The summed E-state index contributed by atoms with van der Waals surface area (Å²) in [7, 11) is 0. The molecule has 3 aromatic heterocycles. The molecular formula is C63H59GeIrN3O-2. The van der Waals surface area contributed by atoms with E-state index in [-0.39, 0.29) is 20.1 Å². The number of fused-ring (bicyclic) bond motifs is 7. The van der Waals surface area contributed by atoms with Gasteiger partial charge >= 0.3 is 126 Å². The summed E-state index contributed by atoms with van der Waals surface area (Å²) < 4.78 is 10.4. The molecule has 0 unspecified atom stereocenters. The minimum Gasteiger partial charge on any atom is -0.500 e. The Kier molecular flexibility index (Phi) is 13.7. The Morgan fingerprint density at radius 2 is 1.28 bits per heavy atom. The Morgan fingerprint density at radius 1 is 0.594 bits per heavy atom. The fourth-order valence-corrected chi connectivity index (χ4v) is 13.2. The molecule has 1 radical (unpaired) electrons. The van der Waals surface area contributed by atoms with Crippen LogP contribution in [-0.4, -0.2) is 27.8 Å². The zero-order valence-corrected chi connectivity index (χ0v) is 45.6. The molecule has 0 bridgehead atoms. The average molecular weight is 1140 g/mol. The van der Waals surface area contributed by atoms with Crippen LogP contribution in [0.3, 0.4) is 0 Å². The maximum absolute atomic E-state index is 6.44. The molecule has 0 spiro atoms. The number of hydrogen-bond acceptors (Lipinski definition) is 3. The van der Waals surface area contributed by atoms with Gasteiger partial charge in [0, 0.05) is 31.2 Å². The number of benzene rings is 8. The molecule has 0 saturated heterocycles. The van der Waals surface area contributed by atoms with Crippen molar-refractivity contribution in [3.05, 3.63) is 193 Å². The maximum Gasteiger partial charge on any atom is 0.121 e. The van der Waals surface area contributed by atoms with E-state index in [1.807, 2.05) is 24.3 Å². The van der Waals surface area contributed by atoms with Gasteiger partial charge in [0.15, 0.2) is 0 Å². The second-order valence-electron chi connectivity index (χ2n) is 20.4. The van der Waals surface area contributed by atoms with Gasteiger partial charge < -0.3 is 8.98 Å². The van der Waals surface area contributed by atoms with Crippen molar-refractivity contribution >= 4 is 72.2 Å². The summed E-state index contributed by atoms with van der Waals surface area (Å²) in [6, 6.07) is 62.8. The Morgan fingerprint density at radius 3 is 1.99 bits per heavy atom. The van der Waals surface area contributed by atoms with Crippen molar-refractivity contribution in [2.45, 2.75) is 77.1 Å². The Balaban J connectivity index is 0.000000238. The largest absolute Gasteiger partial charge is 0.500 e. The monoisotopic (exact) mass is 1140 g/mol. The molecule has 0 aliphatic carbocycles. The van der Waals surface area contributed by atoms with Gasteiger partial charge in [0.2, 0.25) is 0 Å². The van der Waals surface area contributed by atoms with E-state index in [9.17, 15) is 0 Å². The SMILES string of the molecule is CC(C)Cc1cc(-c2[c-]cccc2)nc[c]1[Ge]([CH3])([CH3])[CH3].CC(C)c1cc(-c2ccccc2)cc(C(C)C)c1-n1c(-c2[c-]cc3oc4cc5ccc6ccccc6c5cc4c3c2)nc2ccccc21.[Ir]. The first-order valence-corrected chi connectivity index (χ1v) is 31.5. The van der Waals surface area contributed by atoms with Crippen LogP contribution in [0.5, 0.6) is 0 Å². The van der Waals surface area contributed by atoms with E-state index in [2.05, 4.69) is 215 Å². The fraction of sp³-hybridized carbons (Fsp3) is 0.206. The van der Waals surface area contributed by atoms with Crippen molar-refractivity contribution in [3.63, 3.8) is 0 Å². The van der Waals surface area contributed by atoms with E-state index in [1.165, 1.54) is 55.0 Å². The first kappa shape index (κ1) is 47.9. The number of furan rings is 1. The van der Waals surface area contributed by atoms with E-state index in [0.29, 0.717) is 17.8 Å². The normalized spacial score (nSPS) is 11.9. The summed E-state index contributed by atoms with van der Waals surface area (Å²) in [6.45, 7) is 13.7. The fourth-order valence-electron chi connectivity index (χ4n) is 9.88. The quantitative estimate of drug-likeness (QED) is 0.0822. The smallest absolute Gasteiger partial charge is 0.121 e. The van der Waals surface area contributed by atoms with Crippen molar-refractivity contribution in [2.75, 3.05) is 0 Å². The molecular weight excluding hydrogens is 1080 g/mol. The number of hydrogen-bond donors (Lipinski definition) is 0. The minimum absolute atomic E-state index is 0. The molecule has 11 aromatic rings. The molecule has 4 nitrogen and oxygen atoms in total. The molecule has 0 saturated carbocycles. The Labute approximate surface area is 423 Å². The molecule has 8 aromatic carbocycles. The van der Waals surface area contributed by atoms with Crippen molar-refractivity contribution in [3.8, 4) is 39.5 Å². The standard InChI is InChI=1S/C45H35N2O.C18H24GeN.Ir/c1-27(2)35-23-33(29-12-6-5-7-13-29)24-36(28(3)4)44(35)47-41-17-11-10-16-40(41)46-45(47)32-20-21-42-38(22-32)39-26-37-31(25-43(39)48-42)19-18-30-14-8-9-15-34(30)37;1-14(2)11-16-12-18(15-9-7-6-8-10-15)20-13-17(16)19(3,4)5;/h5-19,21-28H,1-4H3;6-9,12-14H,11H2,1-5H3;/q2*-1;. The molecule has 0 N–H and O–H groups in total. The van der Waals surface area contributed by atoms with Crippen LogP contribution in [0, 0.1) is 18.1 Å². The predicted molar refractivity (Wildman–Crippen MR) is 291 cm³/mol. The van der Waals surface area contributed by atoms with Crippen LogP contribution in [0.1, 0.15) is 70.1 Å². The first-order chi connectivity index (χ1) is 32.8. The second kappa shape index (κ2) is 19.7. The van der Waals surface area contributed by atoms with E-state index in [4.69, 9.17) is 14.4 Å². The number of pyridine rings is 1. The van der Waals surface area contributed by atoms with Gasteiger partial charge in [-0.3, -0.25) is 4.98 Å². The van der Waals surface area contributed by atoms with Gasteiger partial charge in [0.25, 0.3) is 0 Å². The summed E-state index contributed by atoms with van der Waals surface area (Å²) in [6.07, 6.45) is 3.27. The van der Waals surface area contributed by atoms with Crippen molar-refractivity contribution < 1.29 is 24.5 Å². The maximum atomic E-state index is 6.44. The van der Waals surface area contributed by atoms with Gasteiger partial charge in [0.1, 0.15) is 5.58 Å². The van der Waals surface area contributed by atoms with E-state index < -0.39 is 13.3 Å². The van der Waals surface area contributed by atoms with Crippen molar-refractivity contribution in [1.82, 2.24) is 14.5 Å². The van der Waals surface area contributed by atoms with E-state index in [1.54, 1.807) is 4.40 Å². The summed E-state index contributed by atoms with van der Waals surface area (Å²) in [4.78, 5) is 10.0. The molecule has 0 aliphatic rings. The van der Waals surface area contributed by atoms with Crippen LogP contribution in [0.4, 0.5) is 0 Å². The van der Waals surface area contributed by atoms with Gasteiger partial charge in [-0.2, -0.15) is 0 Å². The van der Waals surface area contributed by atoms with Gasteiger partial charge in [-0.25, -0.2) is 0 Å². The minimum atomic E-state index is -1.86. The Bertz CT molecular complexity index is 3590. The van der Waals surface area contributed by atoms with Gasteiger partial charge in [-0.15, -0.1) is 23.8 Å². The molecule has 3 heterocycles. The molecule has 0 atom stereocenters. The number of para-hydroxylation sites is 2. The topological polar surface area (TPSA) is 43.9 Å². The van der Waals surface area contributed by atoms with E-state index in [0.717, 1.165) is 62.0 Å². The third-order valence-electron chi connectivity index (χ3n) is 13.2. The van der Waals surface area contributed by atoms with E-state index >= 15 is 0 Å². The third-order valence-corrected chi connectivity index (χ3v) is 17.6. The van der Waals surface area contributed by atoms with Crippen LogP contribution in [0.25, 0.3) is 94.0 Å². The van der Waals surface area contributed by atoms with Crippen LogP contribution in [0.15, 0.2) is 168 Å². The first-order valence-electron chi connectivity index (χ1n) is 24.2. The third kappa shape index (κ3) is 9.50. The summed E-state index contributed by atoms with van der Waals surface area (Å²) in [5.41, 5.74) is 14.6. The van der Waals surface area contributed by atoms with Crippen LogP contribution in [-0.2, 0) is 26.5 Å².